The van der Waals surface area contributed by atoms with Gasteiger partial charge in [-0.25, -0.2) is 0 Å². The molecule has 2 N–H and O–H groups in total. The second-order valence-electron chi connectivity index (χ2n) is 5.55. The molecule has 0 aliphatic carbocycles. The zero-order chi connectivity index (χ0) is 16.2. The number of aliphatic hydroxyl groups excluding tert-OH is 1. The van der Waals surface area contributed by atoms with Crippen molar-refractivity contribution in [2.45, 2.75) is 19.0 Å². The van der Waals surface area contributed by atoms with E-state index in [-0.39, 0.29) is 25.0 Å². The van der Waals surface area contributed by atoms with E-state index >= 15 is 0 Å². The molecule has 1 aromatic rings. The Hall–Kier alpha value is -1.60. The maximum atomic E-state index is 12.4. The van der Waals surface area contributed by atoms with Crippen molar-refractivity contribution in [3.05, 3.63) is 29.8 Å². The lowest BCUT2D eigenvalue weighted by molar-refractivity contribution is -0.137. The first-order valence-electron chi connectivity index (χ1n) is 7.19. The highest BCUT2D eigenvalue weighted by Gasteiger charge is 2.30. The molecule has 1 atom stereocenters. The van der Waals surface area contributed by atoms with E-state index in [4.69, 9.17) is 5.11 Å². The highest BCUT2D eigenvalue weighted by atomic mass is 19.4. The van der Waals surface area contributed by atoms with Crippen LogP contribution in [-0.4, -0.2) is 42.2 Å². The van der Waals surface area contributed by atoms with Gasteiger partial charge in [-0.2, -0.15) is 13.2 Å². The average molecular weight is 316 g/mol. The van der Waals surface area contributed by atoms with Crippen molar-refractivity contribution in [2.24, 2.45) is 5.92 Å². The molecule has 1 aliphatic heterocycles. The molecule has 0 radical (unpaired) electrons. The van der Waals surface area contributed by atoms with Gasteiger partial charge in [-0.1, -0.05) is 0 Å². The van der Waals surface area contributed by atoms with E-state index in [0.717, 1.165) is 31.5 Å². The number of alkyl halides is 3. The molecule has 0 spiro atoms. The molecule has 7 heteroatoms. The van der Waals surface area contributed by atoms with Crippen molar-refractivity contribution < 1.29 is 23.1 Å². The smallest absolute Gasteiger partial charge is 0.396 e. The lowest BCUT2D eigenvalue weighted by Crippen LogP contribution is -2.41. The number of nitrogens with one attached hydrogen (secondary N) is 1. The van der Waals surface area contributed by atoms with Gasteiger partial charge in [0.2, 0.25) is 5.91 Å². The molecule has 1 aromatic carbocycles. The molecule has 1 heterocycles. The number of hydrogen-bond donors (Lipinski definition) is 2. The van der Waals surface area contributed by atoms with Gasteiger partial charge in [0.15, 0.2) is 0 Å². The van der Waals surface area contributed by atoms with Gasteiger partial charge in [-0.15, -0.1) is 0 Å². The number of aliphatic hydroxyl groups is 1. The molecule has 1 fully saturated rings. The fourth-order valence-electron chi connectivity index (χ4n) is 2.59. The zero-order valence-electron chi connectivity index (χ0n) is 12.1. The zero-order valence-corrected chi connectivity index (χ0v) is 12.1. The lowest BCUT2D eigenvalue weighted by atomic mass is 9.99. The molecule has 22 heavy (non-hydrogen) atoms. The number of piperidine rings is 1. The van der Waals surface area contributed by atoms with Gasteiger partial charge < -0.3 is 10.4 Å². The molecule has 4 nitrogen and oxygen atoms in total. The highest BCUT2D eigenvalue weighted by Crippen LogP contribution is 2.29. The van der Waals surface area contributed by atoms with E-state index < -0.39 is 11.7 Å². The number of likely N-dealkylation sites (tertiary alicyclic amines) is 1. The summed E-state index contributed by atoms with van der Waals surface area (Å²) in [6.07, 6.45) is -2.50. The van der Waals surface area contributed by atoms with Gasteiger partial charge in [-0.3, -0.25) is 9.69 Å². The first kappa shape index (κ1) is 16.8. The van der Waals surface area contributed by atoms with Crippen LogP contribution in [0.3, 0.4) is 0 Å². The third kappa shape index (κ3) is 4.71. The molecule has 0 aromatic heterocycles. The molecule has 0 saturated carbocycles. The fraction of sp³-hybridized carbons (Fsp3) is 0.533. The van der Waals surface area contributed by atoms with Gasteiger partial charge in [0.05, 0.1) is 12.1 Å². The molecule has 122 valence electrons. The Bertz CT molecular complexity index is 503. The van der Waals surface area contributed by atoms with Crippen molar-refractivity contribution in [2.75, 3.05) is 31.6 Å². The van der Waals surface area contributed by atoms with Crippen LogP contribution in [0.2, 0.25) is 0 Å². The number of halogens is 3. The van der Waals surface area contributed by atoms with E-state index in [1.165, 1.54) is 12.1 Å². The quantitative estimate of drug-likeness (QED) is 0.896. The summed E-state index contributed by atoms with van der Waals surface area (Å²) in [5.41, 5.74) is -0.402. The summed E-state index contributed by atoms with van der Waals surface area (Å²) < 4.78 is 37.3. The summed E-state index contributed by atoms with van der Waals surface area (Å²) >= 11 is 0. The summed E-state index contributed by atoms with van der Waals surface area (Å²) in [4.78, 5) is 13.9. The predicted octanol–water partition coefficient (Wildman–Crippen LogP) is 2.35. The molecule has 1 saturated heterocycles. The van der Waals surface area contributed by atoms with Crippen LogP contribution >= 0.6 is 0 Å². The second kappa shape index (κ2) is 7.11. The van der Waals surface area contributed by atoms with Crippen molar-refractivity contribution in [3.8, 4) is 0 Å². The van der Waals surface area contributed by atoms with Crippen molar-refractivity contribution in [1.29, 1.82) is 0 Å². The average Bonchev–Trinajstić information content (AvgIpc) is 2.47. The van der Waals surface area contributed by atoms with E-state index in [9.17, 15) is 18.0 Å². The SMILES string of the molecule is O=C(CN1CCCC(CO)C1)Nc1ccc(C(F)(F)F)cc1. The predicted molar refractivity (Wildman–Crippen MR) is 76.3 cm³/mol. The van der Waals surface area contributed by atoms with Gasteiger partial charge in [-0.05, 0) is 49.6 Å². The Morgan fingerprint density at radius 1 is 1.32 bits per heavy atom. The fourth-order valence-corrected chi connectivity index (χ4v) is 2.59. The van der Waals surface area contributed by atoms with Gasteiger partial charge in [0.1, 0.15) is 0 Å². The van der Waals surface area contributed by atoms with E-state index in [1.54, 1.807) is 0 Å². The van der Waals surface area contributed by atoms with Crippen LogP contribution < -0.4 is 5.32 Å². The van der Waals surface area contributed by atoms with Gasteiger partial charge >= 0.3 is 6.18 Å². The van der Waals surface area contributed by atoms with Gasteiger partial charge in [0.25, 0.3) is 0 Å². The maximum absolute atomic E-state index is 12.4. The Balaban J connectivity index is 1.86. The summed E-state index contributed by atoms with van der Waals surface area (Å²) in [6, 6.07) is 4.37. The summed E-state index contributed by atoms with van der Waals surface area (Å²) in [7, 11) is 0. The standard InChI is InChI=1S/C15H19F3N2O2/c16-15(17,18)12-3-5-13(6-4-12)19-14(22)9-20-7-1-2-11(8-20)10-21/h3-6,11,21H,1-2,7-10H2,(H,19,22). The van der Waals surface area contributed by atoms with Crippen molar-refractivity contribution >= 4 is 11.6 Å². The molecular formula is C15H19F3N2O2. The topological polar surface area (TPSA) is 52.6 Å². The Kier molecular flexibility index (Phi) is 5.42. The second-order valence-corrected chi connectivity index (χ2v) is 5.55. The number of carbonyl (C=O) groups excluding carboxylic acids is 1. The van der Waals surface area contributed by atoms with Gasteiger partial charge in [0, 0.05) is 18.8 Å². The normalized spacial score (nSPS) is 19.9. The first-order chi connectivity index (χ1) is 10.4. The van der Waals surface area contributed by atoms with Crippen LogP contribution in [0.15, 0.2) is 24.3 Å². The Labute approximate surface area is 126 Å². The Morgan fingerprint density at radius 2 is 2.00 bits per heavy atom. The van der Waals surface area contributed by atoms with Crippen LogP contribution in [0.4, 0.5) is 18.9 Å². The van der Waals surface area contributed by atoms with Crippen molar-refractivity contribution in [1.82, 2.24) is 4.90 Å². The highest BCUT2D eigenvalue weighted by molar-refractivity contribution is 5.92. The number of nitrogens with zero attached hydrogens (tertiary/aromatic N) is 1. The first-order valence-corrected chi connectivity index (χ1v) is 7.19. The lowest BCUT2D eigenvalue weighted by Gasteiger charge is -2.31. The summed E-state index contributed by atoms with van der Waals surface area (Å²) in [5.74, 6) is -0.0778. The molecular weight excluding hydrogens is 297 g/mol. The van der Waals surface area contributed by atoms with E-state index in [0.29, 0.717) is 12.2 Å². The Morgan fingerprint density at radius 3 is 2.59 bits per heavy atom. The van der Waals surface area contributed by atoms with Crippen LogP contribution in [0.25, 0.3) is 0 Å². The number of amides is 1. The van der Waals surface area contributed by atoms with Crippen molar-refractivity contribution in [3.63, 3.8) is 0 Å². The minimum absolute atomic E-state index is 0.108. The number of rotatable bonds is 4. The summed E-state index contributed by atoms with van der Waals surface area (Å²) in [5, 5.41) is 11.7. The van der Waals surface area contributed by atoms with Crippen LogP contribution in [0, 0.1) is 5.92 Å². The minimum atomic E-state index is -4.38. The number of anilines is 1. The third-order valence-corrected chi connectivity index (χ3v) is 3.72. The van der Waals surface area contributed by atoms with E-state index in [2.05, 4.69) is 5.32 Å². The molecule has 0 bridgehead atoms. The summed E-state index contributed by atoms with van der Waals surface area (Å²) in [6.45, 7) is 1.74. The third-order valence-electron chi connectivity index (χ3n) is 3.72. The number of hydrogen-bond acceptors (Lipinski definition) is 3. The monoisotopic (exact) mass is 316 g/mol. The maximum Gasteiger partial charge on any atom is 0.416 e. The van der Waals surface area contributed by atoms with Crippen LogP contribution in [0.5, 0.6) is 0 Å². The number of carbonyl (C=O) groups is 1. The van der Waals surface area contributed by atoms with Crippen LogP contribution in [-0.2, 0) is 11.0 Å². The molecule has 2 rings (SSSR count). The largest absolute Gasteiger partial charge is 0.416 e. The molecule has 1 unspecified atom stereocenters. The minimum Gasteiger partial charge on any atom is -0.396 e. The van der Waals surface area contributed by atoms with E-state index in [1.807, 2.05) is 4.90 Å². The number of benzene rings is 1. The molecule has 1 amide bonds. The van der Waals surface area contributed by atoms with Crippen LogP contribution in [0.1, 0.15) is 18.4 Å². The molecule has 1 aliphatic rings.